The minimum atomic E-state index is -4.12. The summed E-state index contributed by atoms with van der Waals surface area (Å²) >= 11 is 0. The number of amides is 2. The average Bonchev–Trinajstić information content (AvgIpc) is 1.99. The van der Waals surface area contributed by atoms with Crippen molar-refractivity contribution >= 4 is 19.4 Å². The largest absolute Gasteiger partial charge is 0.370 e. The molecule has 0 spiro atoms. The molecule has 0 aliphatic heterocycles. The monoisotopic (exact) mass is 239 g/mol. The van der Waals surface area contributed by atoms with Crippen LogP contribution >= 0.6 is 7.60 Å². The maximum atomic E-state index is 10.7. The van der Waals surface area contributed by atoms with E-state index in [1.807, 2.05) is 0 Å². The normalized spacial score (nSPS) is 13.5. The Labute approximate surface area is 86.2 Å². The van der Waals surface area contributed by atoms with Crippen LogP contribution in [0.1, 0.15) is 6.42 Å². The summed E-state index contributed by atoms with van der Waals surface area (Å²) in [5.74, 6) is -1.51. The Morgan fingerprint density at radius 1 is 1.33 bits per heavy atom. The SMILES string of the molecule is NC(=O)C[C@H](NCCP(=O)(O)O)C(N)=O. The highest BCUT2D eigenvalue weighted by molar-refractivity contribution is 7.51. The molecule has 0 rings (SSSR count). The molecule has 2 amide bonds. The van der Waals surface area contributed by atoms with E-state index in [0.29, 0.717) is 0 Å². The van der Waals surface area contributed by atoms with Gasteiger partial charge in [0.05, 0.1) is 18.6 Å². The number of primary amides is 2. The molecule has 0 aromatic rings. The smallest absolute Gasteiger partial charge is 0.326 e. The first kappa shape index (κ1) is 14.1. The number of hydrogen-bond acceptors (Lipinski definition) is 4. The fourth-order valence-corrected chi connectivity index (χ4v) is 1.28. The number of nitrogens with two attached hydrogens (primary N) is 2. The van der Waals surface area contributed by atoms with Gasteiger partial charge in [-0.25, -0.2) is 0 Å². The van der Waals surface area contributed by atoms with Crippen LogP contribution in [0.2, 0.25) is 0 Å². The van der Waals surface area contributed by atoms with Gasteiger partial charge in [0.2, 0.25) is 11.8 Å². The summed E-state index contributed by atoms with van der Waals surface area (Å²) in [5.41, 5.74) is 9.78. The fourth-order valence-electron chi connectivity index (χ4n) is 0.859. The lowest BCUT2D eigenvalue weighted by molar-refractivity contribution is -0.125. The van der Waals surface area contributed by atoms with Crippen LogP contribution in [-0.4, -0.2) is 40.3 Å². The Morgan fingerprint density at radius 3 is 2.20 bits per heavy atom. The van der Waals surface area contributed by atoms with Crippen LogP contribution in [0.3, 0.4) is 0 Å². The van der Waals surface area contributed by atoms with E-state index >= 15 is 0 Å². The summed E-state index contributed by atoms with van der Waals surface area (Å²) in [6, 6.07) is -0.992. The number of rotatable bonds is 7. The van der Waals surface area contributed by atoms with E-state index in [1.165, 1.54) is 0 Å². The van der Waals surface area contributed by atoms with E-state index in [-0.39, 0.29) is 13.0 Å². The van der Waals surface area contributed by atoms with Crippen molar-refractivity contribution in [3.05, 3.63) is 0 Å². The molecule has 0 saturated carbocycles. The maximum absolute atomic E-state index is 10.7. The lowest BCUT2D eigenvalue weighted by atomic mass is 10.2. The highest BCUT2D eigenvalue weighted by Gasteiger charge is 2.19. The van der Waals surface area contributed by atoms with E-state index in [1.54, 1.807) is 0 Å². The van der Waals surface area contributed by atoms with Gasteiger partial charge in [0, 0.05) is 6.54 Å². The standard InChI is InChI=1S/C6H14N3O5P/c7-5(10)3-4(6(8)11)9-1-2-15(12,13)14/h4,9H,1-3H2,(H2,7,10)(H2,8,11)(H2,12,13,14)/t4-/m0/s1. The van der Waals surface area contributed by atoms with E-state index < -0.39 is 31.6 Å². The summed E-state index contributed by atoms with van der Waals surface area (Å²) in [6.45, 7) is -0.120. The topological polar surface area (TPSA) is 156 Å². The average molecular weight is 239 g/mol. The van der Waals surface area contributed by atoms with E-state index in [2.05, 4.69) is 5.32 Å². The Morgan fingerprint density at radius 2 is 1.87 bits per heavy atom. The molecule has 0 saturated heterocycles. The Kier molecular flexibility index (Phi) is 5.45. The highest BCUT2D eigenvalue weighted by Crippen LogP contribution is 2.32. The van der Waals surface area contributed by atoms with Crippen LogP contribution < -0.4 is 16.8 Å². The number of carbonyl (C=O) groups is 2. The van der Waals surface area contributed by atoms with Crippen LogP contribution in [0, 0.1) is 0 Å². The van der Waals surface area contributed by atoms with Crippen molar-refractivity contribution in [2.45, 2.75) is 12.5 Å². The third kappa shape index (κ3) is 8.07. The Bertz CT molecular complexity index is 288. The zero-order valence-corrected chi connectivity index (χ0v) is 8.81. The van der Waals surface area contributed by atoms with Crippen molar-refractivity contribution < 1.29 is 23.9 Å². The van der Waals surface area contributed by atoms with Crippen molar-refractivity contribution in [2.24, 2.45) is 11.5 Å². The summed E-state index contributed by atoms with van der Waals surface area (Å²) in [4.78, 5) is 38.3. The van der Waals surface area contributed by atoms with E-state index in [9.17, 15) is 14.2 Å². The summed E-state index contributed by atoms with van der Waals surface area (Å²) in [6.07, 6.45) is -0.730. The third-order valence-electron chi connectivity index (χ3n) is 1.54. The Hall–Kier alpha value is -0.950. The lowest BCUT2D eigenvalue weighted by Crippen LogP contribution is -2.44. The van der Waals surface area contributed by atoms with Gasteiger partial charge < -0.3 is 26.6 Å². The molecule has 0 aliphatic carbocycles. The molecular weight excluding hydrogens is 225 g/mol. The molecule has 0 aromatic heterocycles. The van der Waals surface area contributed by atoms with E-state index in [0.717, 1.165) is 0 Å². The number of nitrogens with one attached hydrogen (secondary N) is 1. The molecule has 1 atom stereocenters. The molecule has 0 aromatic carbocycles. The minimum absolute atomic E-state index is 0.120. The first-order valence-electron chi connectivity index (χ1n) is 4.08. The molecule has 7 N–H and O–H groups in total. The van der Waals surface area contributed by atoms with Crippen molar-refractivity contribution in [1.82, 2.24) is 5.32 Å². The van der Waals surface area contributed by atoms with Gasteiger partial charge in [-0.1, -0.05) is 0 Å². The zero-order valence-electron chi connectivity index (χ0n) is 7.92. The molecule has 88 valence electrons. The summed E-state index contributed by atoms with van der Waals surface area (Å²) < 4.78 is 10.5. The quantitative estimate of drug-likeness (QED) is 0.309. The van der Waals surface area contributed by atoms with Gasteiger partial charge in [-0.05, 0) is 0 Å². The van der Waals surface area contributed by atoms with Crippen LogP contribution in [0.5, 0.6) is 0 Å². The molecule has 8 nitrogen and oxygen atoms in total. The third-order valence-corrected chi connectivity index (χ3v) is 2.35. The fraction of sp³-hybridized carbons (Fsp3) is 0.667. The molecule has 0 radical (unpaired) electrons. The molecule has 0 aliphatic rings. The molecule has 15 heavy (non-hydrogen) atoms. The van der Waals surface area contributed by atoms with Crippen LogP contribution in [-0.2, 0) is 14.2 Å². The van der Waals surface area contributed by atoms with Gasteiger partial charge in [-0.3, -0.25) is 14.2 Å². The van der Waals surface area contributed by atoms with Crippen LogP contribution in [0.15, 0.2) is 0 Å². The zero-order chi connectivity index (χ0) is 12.1. The summed E-state index contributed by atoms with van der Waals surface area (Å²) in [5, 5.41) is 2.44. The lowest BCUT2D eigenvalue weighted by Gasteiger charge is -2.13. The summed E-state index contributed by atoms with van der Waals surface area (Å²) in [7, 11) is -4.12. The second kappa shape index (κ2) is 5.82. The van der Waals surface area contributed by atoms with Crippen LogP contribution in [0.25, 0.3) is 0 Å². The van der Waals surface area contributed by atoms with Crippen molar-refractivity contribution in [2.75, 3.05) is 12.7 Å². The van der Waals surface area contributed by atoms with E-state index in [4.69, 9.17) is 21.3 Å². The van der Waals surface area contributed by atoms with Crippen molar-refractivity contribution in [3.63, 3.8) is 0 Å². The van der Waals surface area contributed by atoms with Crippen molar-refractivity contribution in [3.8, 4) is 0 Å². The highest BCUT2D eigenvalue weighted by atomic mass is 31.2. The van der Waals surface area contributed by atoms with Gasteiger partial charge in [-0.15, -0.1) is 0 Å². The molecule has 0 unspecified atom stereocenters. The first-order chi connectivity index (χ1) is 6.72. The Balaban J connectivity index is 4.03. The first-order valence-corrected chi connectivity index (χ1v) is 5.87. The van der Waals surface area contributed by atoms with Gasteiger partial charge in [0.1, 0.15) is 0 Å². The van der Waals surface area contributed by atoms with Gasteiger partial charge in [-0.2, -0.15) is 0 Å². The number of hydrogen-bond donors (Lipinski definition) is 5. The second-order valence-corrected chi connectivity index (χ2v) is 4.74. The molecule has 9 heteroatoms. The predicted octanol–water partition coefficient (Wildman–Crippen LogP) is -2.52. The van der Waals surface area contributed by atoms with Gasteiger partial charge in [0.25, 0.3) is 0 Å². The van der Waals surface area contributed by atoms with Crippen LogP contribution in [0.4, 0.5) is 0 Å². The minimum Gasteiger partial charge on any atom is -0.370 e. The maximum Gasteiger partial charge on any atom is 0.326 e. The van der Waals surface area contributed by atoms with Gasteiger partial charge in [0.15, 0.2) is 0 Å². The van der Waals surface area contributed by atoms with Gasteiger partial charge >= 0.3 is 7.60 Å². The van der Waals surface area contributed by atoms with Crippen molar-refractivity contribution in [1.29, 1.82) is 0 Å². The second-order valence-electron chi connectivity index (χ2n) is 2.97. The number of carbonyl (C=O) groups excluding carboxylic acids is 2. The predicted molar refractivity (Wildman–Crippen MR) is 51.7 cm³/mol. The molecule has 0 fully saturated rings. The molecule has 0 bridgehead atoms. The molecule has 0 heterocycles. The molecular formula is C6H14N3O5P.